The molecule has 21 heavy (non-hydrogen) atoms. The van der Waals surface area contributed by atoms with E-state index in [9.17, 15) is 13.2 Å². The Hall–Kier alpha value is -1.31. The summed E-state index contributed by atoms with van der Waals surface area (Å²) in [6.45, 7) is 3.50. The third-order valence-corrected chi connectivity index (χ3v) is 3.95. The molecular formula is C12H14Cl2N2O4S. The number of carbonyl (C=O) groups is 1. The second kappa shape index (κ2) is 7.63. The van der Waals surface area contributed by atoms with Crippen molar-refractivity contribution in [1.82, 2.24) is 4.83 Å². The van der Waals surface area contributed by atoms with Crippen LogP contribution in [0.4, 0.5) is 0 Å². The van der Waals surface area contributed by atoms with E-state index in [-0.39, 0.29) is 11.5 Å². The number of alkyl halides is 2. The molecule has 0 saturated heterocycles. The van der Waals surface area contributed by atoms with Crippen molar-refractivity contribution in [1.29, 1.82) is 0 Å². The van der Waals surface area contributed by atoms with Gasteiger partial charge in [-0.3, -0.25) is 0 Å². The number of nitrogens with zero attached hydrogens (tertiary/aromatic N) is 1. The van der Waals surface area contributed by atoms with Gasteiger partial charge in [0.25, 0.3) is 10.0 Å². The van der Waals surface area contributed by atoms with Crippen LogP contribution in [-0.4, -0.2) is 31.5 Å². The Balaban J connectivity index is 2.98. The topological polar surface area (TPSA) is 84.8 Å². The third kappa shape index (κ3) is 5.18. The standard InChI is InChI=1S/C12H14Cl2N2O4S/c1-3-20-12(17)10(11(13)14)15-16-21(18,19)9-6-4-8(2)5-7-9/h4-7,11,16H,3H2,1-2H3/b15-10-. The minimum Gasteiger partial charge on any atom is -0.461 e. The quantitative estimate of drug-likeness (QED) is 0.367. The minimum atomic E-state index is -3.92. The molecule has 0 heterocycles. The van der Waals surface area contributed by atoms with Crippen LogP contribution in [0, 0.1) is 6.92 Å². The van der Waals surface area contributed by atoms with Crippen molar-refractivity contribution in [2.24, 2.45) is 5.10 Å². The number of halogens is 2. The van der Waals surface area contributed by atoms with Crippen molar-refractivity contribution in [3.05, 3.63) is 29.8 Å². The molecular weight excluding hydrogens is 339 g/mol. The first kappa shape index (κ1) is 17.7. The Kier molecular flexibility index (Phi) is 6.44. The molecule has 116 valence electrons. The summed E-state index contributed by atoms with van der Waals surface area (Å²) in [5.41, 5.74) is 0.474. The zero-order valence-corrected chi connectivity index (χ0v) is 13.7. The first-order valence-corrected chi connectivity index (χ1v) is 8.25. The number of nitrogens with one attached hydrogen (secondary N) is 1. The molecule has 0 spiro atoms. The molecule has 1 N–H and O–H groups in total. The molecule has 0 fully saturated rings. The maximum absolute atomic E-state index is 12.0. The van der Waals surface area contributed by atoms with Crippen LogP contribution in [0.15, 0.2) is 34.3 Å². The number of carbonyl (C=O) groups excluding carboxylic acids is 1. The van der Waals surface area contributed by atoms with Crippen LogP contribution < -0.4 is 4.83 Å². The van der Waals surface area contributed by atoms with Crippen LogP contribution >= 0.6 is 23.2 Å². The molecule has 0 atom stereocenters. The number of ether oxygens (including phenoxy) is 1. The van der Waals surface area contributed by atoms with E-state index in [1.807, 2.05) is 11.8 Å². The molecule has 0 aliphatic heterocycles. The first-order chi connectivity index (χ1) is 9.77. The maximum atomic E-state index is 12.0. The van der Waals surface area contributed by atoms with Crippen molar-refractivity contribution in [2.75, 3.05) is 6.61 Å². The number of hydrazone groups is 1. The molecule has 1 aromatic carbocycles. The van der Waals surface area contributed by atoms with Gasteiger partial charge in [-0.05, 0) is 26.0 Å². The normalized spacial score (nSPS) is 12.3. The number of aryl methyl sites for hydroxylation is 1. The molecule has 1 aromatic rings. The fraction of sp³-hybridized carbons (Fsp3) is 0.333. The van der Waals surface area contributed by atoms with Crippen molar-refractivity contribution in [2.45, 2.75) is 23.6 Å². The summed E-state index contributed by atoms with van der Waals surface area (Å²) in [6, 6.07) is 6.10. The molecule has 0 saturated carbocycles. The fourth-order valence-electron chi connectivity index (χ4n) is 1.27. The molecule has 0 amide bonds. The lowest BCUT2D eigenvalue weighted by molar-refractivity contribution is -0.135. The largest absolute Gasteiger partial charge is 0.461 e. The molecule has 0 aromatic heterocycles. The molecule has 6 nitrogen and oxygen atoms in total. The van der Waals surface area contributed by atoms with E-state index in [0.717, 1.165) is 5.56 Å². The summed E-state index contributed by atoms with van der Waals surface area (Å²) in [4.78, 5) is 12.1. The van der Waals surface area contributed by atoms with Gasteiger partial charge in [0.05, 0.1) is 11.5 Å². The Bertz CT molecular complexity index is 627. The van der Waals surface area contributed by atoms with E-state index >= 15 is 0 Å². The Morgan fingerprint density at radius 2 is 1.90 bits per heavy atom. The fourth-order valence-corrected chi connectivity index (χ4v) is 2.36. The van der Waals surface area contributed by atoms with E-state index in [4.69, 9.17) is 23.2 Å². The van der Waals surface area contributed by atoms with E-state index in [1.54, 1.807) is 19.1 Å². The number of sulfonamides is 1. The van der Waals surface area contributed by atoms with Crippen LogP contribution in [0.2, 0.25) is 0 Å². The number of rotatable bonds is 6. The van der Waals surface area contributed by atoms with Crippen LogP contribution in [0.3, 0.4) is 0 Å². The molecule has 0 aliphatic rings. The van der Waals surface area contributed by atoms with Gasteiger partial charge in [-0.1, -0.05) is 40.9 Å². The number of benzene rings is 1. The molecule has 9 heteroatoms. The van der Waals surface area contributed by atoms with Crippen molar-refractivity contribution in [3.8, 4) is 0 Å². The van der Waals surface area contributed by atoms with Crippen LogP contribution in [0.1, 0.15) is 12.5 Å². The second-order valence-corrected chi connectivity index (χ2v) is 6.68. The van der Waals surface area contributed by atoms with Gasteiger partial charge in [0, 0.05) is 0 Å². The highest BCUT2D eigenvalue weighted by Crippen LogP contribution is 2.11. The molecule has 1 rings (SSSR count). The van der Waals surface area contributed by atoms with Crippen molar-refractivity contribution < 1.29 is 17.9 Å². The Morgan fingerprint density at radius 3 is 2.38 bits per heavy atom. The average Bonchev–Trinajstić information content (AvgIpc) is 2.39. The summed E-state index contributed by atoms with van der Waals surface area (Å²) in [7, 11) is -3.92. The molecule has 0 radical (unpaired) electrons. The minimum absolute atomic E-state index is 0.000698. The third-order valence-electron chi connectivity index (χ3n) is 2.31. The van der Waals surface area contributed by atoms with Gasteiger partial charge >= 0.3 is 5.97 Å². The van der Waals surface area contributed by atoms with Crippen LogP contribution in [-0.2, 0) is 19.6 Å². The zero-order chi connectivity index (χ0) is 16.0. The summed E-state index contributed by atoms with van der Waals surface area (Å²) in [5.74, 6) is -0.890. The van der Waals surface area contributed by atoms with E-state index in [0.29, 0.717) is 0 Å². The number of hydrogen-bond acceptors (Lipinski definition) is 5. The van der Waals surface area contributed by atoms with E-state index in [2.05, 4.69) is 9.84 Å². The molecule has 0 unspecified atom stereocenters. The highest BCUT2D eigenvalue weighted by atomic mass is 35.5. The SMILES string of the molecule is CCOC(=O)/C(=N\NS(=O)(=O)c1ccc(C)cc1)C(Cl)Cl. The Labute approximate surface area is 133 Å². The van der Waals surface area contributed by atoms with Gasteiger partial charge in [0.2, 0.25) is 0 Å². The predicted molar refractivity (Wildman–Crippen MR) is 81.1 cm³/mol. The van der Waals surface area contributed by atoms with Gasteiger partial charge in [-0.15, -0.1) is 0 Å². The Morgan fingerprint density at radius 1 is 1.33 bits per heavy atom. The summed E-state index contributed by atoms with van der Waals surface area (Å²) in [5, 5.41) is 3.45. The summed E-state index contributed by atoms with van der Waals surface area (Å²) < 4.78 is 28.7. The second-order valence-electron chi connectivity index (χ2n) is 3.93. The van der Waals surface area contributed by atoms with Gasteiger partial charge in [-0.25, -0.2) is 4.79 Å². The lowest BCUT2D eigenvalue weighted by Gasteiger charge is -2.08. The lowest BCUT2D eigenvalue weighted by atomic mass is 10.2. The lowest BCUT2D eigenvalue weighted by Crippen LogP contribution is -2.28. The van der Waals surface area contributed by atoms with Gasteiger partial charge in [0.1, 0.15) is 0 Å². The molecule has 0 aliphatic carbocycles. The highest BCUT2D eigenvalue weighted by molar-refractivity contribution is 7.89. The maximum Gasteiger partial charge on any atom is 0.357 e. The van der Waals surface area contributed by atoms with Crippen molar-refractivity contribution in [3.63, 3.8) is 0 Å². The van der Waals surface area contributed by atoms with Gasteiger partial charge < -0.3 is 4.74 Å². The summed E-state index contributed by atoms with van der Waals surface area (Å²) in [6.07, 6.45) is 0. The van der Waals surface area contributed by atoms with Crippen LogP contribution in [0.25, 0.3) is 0 Å². The first-order valence-electron chi connectivity index (χ1n) is 5.89. The number of esters is 1. The van der Waals surface area contributed by atoms with Crippen molar-refractivity contribution >= 4 is 44.9 Å². The monoisotopic (exact) mass is 352 g/mol. The molecule has 0 bridgehead atoms. The summed E-state index contributed by atoms with van der Waals surface area (Å²) >= 11 is 11.1. The van der Waals surface area contributed by atoms with Gasteiger partial charge in [-0.2, -0.15) is 18.4 Å². The predicted octanol–water partition coefficient (Wildman–Crippen LogP) is 2.00. The zero-order valence-electron chi connectivity index (χ0n) is 11.3. The highest BCUT2D eigenvalue weighted by Gasteiger charge is 2.22. The average molecular weight is 353 g/mol. The van der Waals surface area contributed by atoms with Crippen LogP contribution in [0.5, 0.6) is 0 Å². The van der Waals surface area contributed by atoms with Gasteiger partial charge in [0.15, 0.2) is 10.5 Å². The smallest absolute Gasteiger partial charge is 0.357 e. The van der Waals surface area contributed by atoms with E-state index < -0.39 is 26.5 Å². The number of hydrogen-bond donors (Lipinski definition) is 1. The van der Waals surface area contributed by atoms with E-state index in [1.165, 1.54) is 12.1 Å².